The molecule has 2 fully saturated rings. The van der Waals surface area contributed by atoms with Gasteiger partial charge in [0.05, 0.1) is 6.26 Å². The van der Waals surface area contributed by atoms with Gasteiger partial charge in [-0.05, 0) is 36.1 Å². The molecule has 3 heterocycles. The summed E-state index contributed by atoms with van der Waals surface area (Å²) in [5, 5.41) is 2.07. The number of hydrogen-bond donors (Lipinski definition) is 0. The molecule has 0 bridgehead atoms. The van der Waals surface area contributed by atoms with Gasteiger partial charge in [-0.1, -0.05) is 6.07 Å². The average Bonchev–Trinajstić information content (AvgIpc) is 3.06. The van der Waals surface area contributed by atoms with E-state index in [0.29, 0.717) is 37.9 Å². The highest BCUT2D eigenvalue weighted by molar-refractivity contribution is 7.10. The van der Waals surface area contributed by atoms with Gasteiger partial charge >= 0.3 is 0 Å². The minimum atomic E-state index is -0.0358. The molecular weight excluding hydrogens is 336 g/mol. The van der Waals surface area contributed by atoms with E-state index in [2.05, 4.69) is 11.4 Å². The molecule has 2 aromatic rings. The van der Waals surface area contributed by atoms with Gasteiger partial charge in [0.1, 0.15) is 5.76 Å². The van der Waals surface area contributed by atoms with Crippen LogP contribution in [-0.2, 0) is 9.59 Å². The lowest BCUT2D eigenvalue weighted by atomic mass is 10.2. The van der Waals surface area contributed by atoms with Crippen LogP contribution in [0.15, 0.2) is 46.4 Å². The maximum Gasteiger partial charge on any atom is 0.246 e. The summed E-state index contributed by atoms with van der Waals surface area (Å²) >= 11 is 1.73. The first-order chi connectivity index (χ1) is 12.2. The fourth-order valence-corrected chi connectivity index (χ4v) is 4.22. The Labute approximate surface area is 150 Å². The number of nitrogens with zero attached hydrogens (tertiary/aromatic N) is 2. The zero-order chi connectivity index (χ0) is 17.2. The van der Waals surface area contributed by atoms with Gasteiger partial charge < -0.3 is 14.2 Å². The lowest BCUT2D eigenvalue weighted by Gasteiger charge is -2.34. The van der Waals surface area contributed by atoms with Crippen molar-refractivity contribution in [2.24, 2.45) is 5.92 Å². The van der Waals surface area contributed by atoms with Crippen LogP contribution in [0.1, 0.15) is 23.0 Å². The predicted molar refractivity (Wildman–Crippen MR) is 96.1 cm³/mol. The minimum Gasteiger partial charge on any atom is -0.465 e. The minimum absolute atomic E-state index is 0.0358. The maximum absolute atomic E-state index is 12.6. The molecule has 2 amide bonds. The Morgan fingerprint density at radius 2 is 1.92 bits per heavy atom. The van der Waals surface area contributed by atoms with Crippen molar-refractivity contribution >= 4 is 29.2 Å². The van der Waals surface area contributed by atoms with E-state index in [-0.39, 0.29) is 17.7 Å². The van der Waals surface area contributed by atoms with Crippen molar-refractivity contribution in [3.63, 3.8) is 0 Å². The highest BCUT2D eigenvalue weighted by Crippen LogP contribution is 2.50. The second-order valence-electron chi connectivity index (χ2n) is 6.46. The molecule has 130 valence electrons. The van der Waals surface area contributed by atoms with Crippen LogP contribution in [0.2, 0.25) is 0 Å². The second-order valence-corrected chi connectivity index (χ2v) is 7.44. The van der Waals surface area contributed by atoms with Crippen LogP contribution in [0.25, 0.3) is 6.08 Å². The summed E-state index contributed by atoms with van der Waals surface area (Å²) < 4.78 is 5.18. The predicted octanol–water partition coefficient (Wildman–Crippen LogP) is 2.83. The first kappa shape index (κ1) is 16.1. The van der Waals surface area contributed by atoms with Crippen molar-refractivity contribution in [2.75, 3.05) is 26.2 Å². The van der Waals surface area contributed by atoms with Crippen molar-refractivity contribution < 1.29 is 14.0 Å². The van der Waals surface area contributed by atoms with Gasteiger partial charge in [-0.3, -0.25) is 9.59 Å². The molecule has 0 spiro atoms. The molecule has 0 radical (unpaired) electrons. The molecule has 4 rings (SSSR count). The third-order valence-electron chi connectivity index (χ3n) is 4.85. The molecule has 1 saturated carbocycles. The Bertz CT molecular complexity index is 759. The summed E-state index contributed by atoms with van der Waals surface area (Å²) in [5.41, 5.74) is 0. The van der Waals surface area contributed by atoms with Crippen LogP contribution in [0.3, 0.4) is 0 Å². The van der Waals surface area contributed by atoms with Crippen molar-refractivity contribution in [2.45, 2.75) is 12.3 Å². The molecule has 2 atom stereocenters. The molecule has 0 unspecified atom stereocenters. The quantitative estimate of drug-likeness (QED) is 0.792. The summed E-state index contributed by atoms with van der Waals surface area (Å²) in [6.45, 7) is 2.41. The smallest absolute Gasteiger partial charge is 0.246 e. The summed E-state index contributed by atoms with van der Waals surface area (Å²) in [6.07, 6.45) is 5.75. The number of piperazine rings is 1. The van der Waals surface area contributed by atoms with Crippen molar-refractivity contribution in [3.8, 4) is 0 Å². The Hall–Kier alpha value is -2.34. The summed E-state index contributed by atoms with van der Waals surface area (Å²) in [5.74, 6) is 1.42. The maximum atomic E-state index is 12.6. The SMILES string of the molecule is O=C(/C=C/c1ccco1)N1CCN(C(=O)[C@@H]2C[C@@H]2c2cccs2)CC1. The zero-order valence-corrected chi connectivity index (χ0v) is 14.7. The van der Waals surface area contributed by atoms with Gasteiger partial charge in [0, 0.05) is 49.0 Å². The van der Waals surface area contributed by atoms with Crippen LogP contribution < -0.4 is 0 Å². The molecule has 0 aromatic carbocycles. The number of amides is 2. The Balaban J connectivity index is 1.27. The normalized spacial score (nSPS) is 23.2. The van der Waals surface area contributed by atoms with Crippen molar-refractivity contribution in [1.29, 1.82) is 0 Å². The molecule has 1 saturated heterocycles. The fraction of sp³-hybridized carbons (Fsp3) is 0.368. The first-order valence-electron chi connectivity index (χ1n) is 8.55. The van der Waals surface area contributed by atoms with E-state index in [1.54, 1.807) is 40.7 Å². The molecule has 25 heavy (non-hydrogen) atoms. The number of hydrogen-bond acceptors (Lipinski definition) is 4. The summed E-state index contributed by atoms with van der Waals surface area (Å²) in [4.78, 5) is 29.9. The highest BCUT2D eigenvalue weighted by atomic mass is 32.1. The van der Waals surface area contributed by atoms with E-state index in [0.717, 1.165) is 6.42 Å². The molecule has 1 aliphatic heterocycles. The summed E-state index contributed by atoms with van der Waals surface area (Å²) in [6, 6.07) is 7.75. The largest absolute Gasteiger partial charge is 0.465 e. The van der Waals surface area contributed by atoms with Crippen LogP contribution in [0.5, 0.6) is 0 Å². The van der Waals surface area contributed by atoms with Crippen LogP contribution in [0.4, 0.5) is 0 Å². The molecular formula is C19H20N2O3S. The van der Waals surface area contributed by atoms with Gasteiger partial charge in [-0.2, -0.15) is 0 Å². The van der Waals surface area contributed by atoms with Gasteiger partial charge in [0.15, 0.2) is 0 Å². The van der Waals surface area contributed by atoms with Crippen molar-refractivity contribution in [3.05, 3.63) is 52.6 Å². The molecule has 1 aliphatic carbocycles. The first-order valence-corrected chi connectivity index (χ1v) is 9.43. The molecule has 2 aliphatic rings. The number of rotatable bonds is 4. The Kier molecular flexibility index (Phi) is 4.44. The lowest BCUT2D eigenvalue weighted by Crippen LogP contribution is -2.50. The Morgan fingerprint density at radius 1 is 1.12 bits per heavy atom. The fourth-order valence-electron chi connectivity index (χ4n) is 3.31. The van der Waals surface area contributed by atoms with E-state index < -0.39 is 0 Å². The Morgan fingerprint density at radius 3 is 2.60 bits per heavy atom. The highest BCUT2D eigenvalue weighted by Gasteiger charge is 2.46. The summed E-state index contributed by atoms with van der Waals surface area (Å²) in [7, 11) is 0. The van der Waals surface area contributed by atoms with E-state index in [4.69, 9.17) is 4.42 Å². The zero-order valence-electron chi connectivity index (χ0n) is 13.8. The monoisotopic (exact) mass is 356 g/mol. The topological polar surface area (TPSA) is 53.8 Å². The molecule has 2 aromatic heterocycles. The van der Waals surface area contributed by atoms with Crippen LogP contribution in [-0.4, -0.2) is 47.8 Å². The third-order valence-corrected chi connectivity index (χ3v) is 5.86. The van der Waals surface area contributed by atoms with Gasteiger partial charge in [-0.15, -0.1) is 11.3 Å². The van der Waals surface area contributed by atoms with Gasteiger partial charge in [0.2, 0.25) is 11.8 Å². The van der Waals surface area contributed by atoms with Crippen molar-refractivity contribution in [1.82, 2.24) is 9.80 Å². The van der Waals surface area contributed by atoms with Crippen LogP contribution >= 0.6 is 11.3 Å². The number of carbonyl (C=O) groups excluding carboxylic acids is 2. The molecule has 5 nitrogen and oxygen atoms in total. The third kappa shape index (κ3) is 3.54. The number of thiophene rings is 1. The number of carbonyl (C=O) groups is 2. The number of furan rings is 1. The second kappa shape index (κ2) is 6.88. The standard InChI is InChI=1S/C19H20N2O3S/c22-18(6-5-14-3-1-11-24-14)20-7-9-21(10-8-20)19(23)16-13-15(16)17-4-2-12-25-17/h1-6,11-12,15-16H,7-10,13H2/b6-5+/t15-,16+/m0/s1. The van der Waals surface area contributed by atoms with Gasteiger partial charge in [-0.25, -0.2) is 0 Å². The van der Waals surface area contributed by atoms with E-state index >= 15 is 0 Å². The molecule has 0 N–H and O–H groups in total. The van der Waals surface area contributed by atoms with Crippen LogP contribution in [0, 0.1) is 5.92 Å². The van der Waals surface area contributed by atoms with E-state index in [9.17, 15) is 9.59 Å². The van der Waals surface area contributed by atoms with Gasteiger partial charge in [0.25, 0.3) is 0 Å². The lowest BCUT2D eigenvalue weighted by molar-refractivity contribution is -0.138. The van der Waals surface area contributed by atoms with E-state index in [1.807, 2.05) is 11.0 Å². The van der Waals surface area contributed by atoms with E-state index in [1.165, 1.54) is 11.0 Å². The molecule has 6 heteroatoms. The average molecular weight is 356 g/mol.